The van der Waals surface area contributed by atoms with E-state index in [4.69, 9.17) is 0 Å². The third-order valence-electron chi connectivity index (χ3n) is 2.11. The van der Waals surface area contributed by atoms with Gasteiger partial charge in [-0.2, -0.15) is 0 Å². The van der Waals surface area contributed by atoms with Crippen molar-refractivity contribution in [3.63, 3.8) is 0 Å². The van der Waals surface area contributed by atoms with E-state index in [9.17, 15) is 10.2 Å². The summed E-state index contributed by atoms with van der Waals surface area (Å²) in [7, 11) is 0. The zero-order valence-electron chi connectivity index (χ0n) is 6.51. The fourth-order valence-electron chi connectivity index (χ4n) is 1.47. The minimum absolute atomic E-state index is 0.565. The van der Waals surface area contributed by atoms with Crippen molar-refractivity contribution >= 4 is 0 Å². The molecule has 0 spiro atoms. The maximum Gasteiger partial charge on any atom is 0.0976 e. The fourth-order valence-corrected chi connectivity index (χ4v) is 1.47. The minimum Gasteiger partial charge on any atom is -0.384 e. The van der Waals surface area contributed by atoms with E-state index in [0.717, 1.165) is 11.1 Å². The van der Waals surface area contributed by atoms with Crippen LogP contribution in [0.15, 0.2) is 36.4 Å². The van der Waals surface area contributed by atoms with Gasteiger partial charge in [0.15, 0.2) is 0 Å². The standard InChI is InChI=1S/C10H10O2/c11-9-5-6-10(12)8-4-2-1-3-7(8)9/h1-6,9-12H/t9-,10+. The lowest BCUT2D eigenvalue weighted by atomic mass is 9.93. The highest BCUT2D eigenvalue weighted by Gasteiger charge is 2.18. The highest BCUT2D eigenvalue weighted by molar-refractivity contribution is 5.38. The summed E-state index contributed by atoms with van der Waals surface area (Å²) in [5, 5.41) is 19.0. The predicted molar refractivity (Wildman–Crippen MR) is 45.5 cm³/mol. The number of rotatable bonds is 0. The number of aliphatic hydroxyl groups is 2. The Bertz CT molecular complexity index is 286. The fraction of sp³-hybridized carbons (Fsp3) is 0.200. The van der Waals surface area contributed by atoms with Crippen LogP contribution in [0.3, 0.4) is 0 Å². The van der Waals surface area contributed by atoms with E-state index in [-0.39, 0.29) is 0 Å². The molecule has 2 N–H and O–H groups in total. The van der Waals surface area contributed by atoms with Gasteiger partial charge in [0.25, 0.3) is 0 Å². The smallest absolute Gasteiger partial charge is 0.0976 e. The first-order valence-electron chi connectivity index (χ1n) is 3.92. The van der Waals surface area contributed by atoms with Crippen LogP contribution in [0.5, 0.6) is 0 Å². The van der Waals surface area contributed by atoms with Crippen LogP contribution in [0.4, 0.5) is 0 Å². The van der Waals surface area contributed by atoms with Crippen LogP contribution in [0, 0.1) is 0 Å². The lowest BCUT2D eigenvalue weighted by Gasteiger charge is -2.19. The zero-order chi connectivity index (χ0) is 8.55. The zero-order valence-corrected chi connectivity index (χ0v) is 6.51. The van der Waals surface area contributed by atoms with Gasteiger partial charge >= 0.3 is 0 Å². The molecule has 12 heavy (non-hydrogen) atoms. The Morgan fingerprint density at radius 1 is 0.833 bits per heavy atom. The Labute approximate surface area is 70.8 Å². The number of fused-ring (bicyclic) bond motifs is 1. The Kier molecular flexibility index (Phi) is 1.71. The van der Waals surface area contributed by atoms with Gasteiger partial charge in [0.1, 0.15) is 0 Å². The lowest BCUT2D eigenvalue weighted by Crippen LogP contribution is -2.08. The van der Waals surface area contributed by atoms with E-state index in [2.05, 4.69) is 0 Å². The first-order chi connectivity index (χ1) is 5.79. The van der Waals surface area contributed by atoms with Gasteiger partial charge in [-0.15, -0.1) is 0 Å². The molecule has 1 aliphatic rings. The molecule has 0 aromatic heterocycles. The Hall–Kier alpha value is -1.12. The van der Waals surface area contributed by atoms with E-state index >= 15 is 0 Å². The highest BCUT2D eigenvalue weighted by atomic mass is 16.3. The third kappa shape index (κ3) is 1.05. The summed E-state index contributed by atoms with van der Waals surface area (Å²) in [6, 6.07) is 7.36. The molecule has 62 valence electrons. The number of hydrogen-bond acceptors (Lipinski definition) is 2. The second-order valence-electron chi connectivity index (χ2n) is 2.90. The number of hydrogen-bond donors (Lipinski definition) is 2. The van der Waals surface area contributed by atoms with Crippen molar-refractivity contribution in [1.29, 1.82) is 0 Å². The summed E-state index contributed by atoms with van der Waals surface area (Å²) >= 11 is 0. The number of aliphatic hydroxyl groups excluding tert-OH is 2. The van der Waals surface area contributed by atoms with Crippen LogP contribution in [0.2, 0.25) is 0 Å². The molecule has 1 aliphatic carbocycles. The Morgan fingerprint density at radius 3 is 1.67 bits per heavy atom. The molecule has 2 atom stereocenters. The summed E-state index contributed by atoms with van der Waals surface area (Å²) in [5.74, 6) is 0. The molecule has 0 aliphatic heterocycles. The SMILES string of the molecule is O[C@@H]1C=C[C@H](O)c2ccccc21. The molecule has 0 unspecified atom stereocenters. The van der Waals surface area contributed by atoms with E-state index in [1.165, 1.54) is 0 Å². The third-order valence-corrected chi connectivity index (χ3v) is 2.11. The Balaban J connectivity index is 2.54. The molecule has 1 aromatic carbocycles. The first-order valence-corrected chi connectivity index (χ1v) is 3.92. The minimum atomic E-state index is -0.565. The molecule has 0 amide bonds. The van der Waals surface area contributed by atoms with E-state index in [1.54, 1.807) is 12.2 Å². The van der Waals surface area contributed by atoms with Crippen LogP contribution in [0.25, 0.3) is 0 Å². The molecule has 2 heteroatoms. The van der Waals surface area contributed by atoms with Gasteiger partial charge in [-0.1, -0.05) is 36.4 Å². The predicted octanol–water partition coefficient (Wildman–Crippen LogP) is 1.32. The summed E-state index contributed by atoms with van der Waals surface area (Å²) in [4.78, 5) is 0. The molecule has 0 saturated carbocycles. The summed E-state index contributed by atoms with van der Waals surface area (Å²) in [6.45, 7) is 0. The summed E-state index contributed by atoms with van der Waals surface area (Å²) in [6.07, 6.45) is 2.08. The molecule has 0 saturated heterocycles. The number of benzene rings is 1. The van der Waals surface area contributed by atoms with Gasteiger partial charge < -0.3 is 10.2 Å². The average molecular weight is 162 g/mol. The van der Waals surface area contributed by atoms with Gasteiger partial charge in [-0.25, -0.2) is 0 Å². The van der Waals surface area contributed by atoms with Crippen molar-refractivity contribution in [3.8, 4) is 0 Å². The molecule has 1 aromatic rings. The van der Waals surface area contributed by atoms with Crippen molar-refractivity contribution in [2.45, 2.75) is 12.2 Å². The molecular formula is C10H10O2. The topological polar surface area (TPSA) is 40.5 Å². The highest BCUT2D eigenvalue weighted by Crippen LogP contribution is 2.30. The van der Waals surface area contributed by atoms with Crippen molar-refractivity contribution < 1.29 is 10.2 Å². The molecule has 0 fully saturated rings. The summed E-state index contributed by atoms with van der Waals surface area (Å²) in [5.41, 5.74) is 1.60. The van der Waals surface area contributed by atoms with Gasteiger partial charge in [0, 0.05) is 0 Å². The summed E-state index contributed by atoms with van der Waals surface area (Å²) < 4.78 is 0. The second kappa shape index (κ2) is 2.73. The molecule has 0 bridgehead atoms. The molecular weight excluding hydrogens is 152 g/mol. The van der Waals surface area contributed by atoms with Crippen LogP contribution in [0.1, 0.15) is 23.3 Å². The van der Waals surface area contributed by atoms with Crippen molar-refractivity contribution in [2.24, 2.45) is 0 Å². The normalized spacial score (nSPS) is 26.8. The van der Waals surface area contributed by atoms with Crippen LogP contribution >= 0.6 is 0 Å². The van der Waals surface area contributed by atoms with Crippen LogP contribution in [-0.2, 0) is 0 Å². The maximum atomic E-state index is 9.48. The van der Waals surface area contributed by atoms with Crippen molar-refractivity contribution in [2.75, 3.05) is 0 Å². The maximum absolute atomic E-state index is 9.48. The van der Waals surface area contributed by atoms with E-state index < -0.39 is 12.2 Å². The molecule has 2 nitrogen and oxygen atoms in total. The average Bonchev–Trinajstić information content (AvgIpc) is 2.12. The van der Waals surface area contributed by atoms with Gasteiger partial charge in [0.2, 0.25) is 0 Å². The quantitative estimate of drug-likeness (QED) is 0.565. The monoisotopic (exact) mass is 162 g/mol. The molecule has 0 radical (unpaired) electrons. The van der Waals surface area contributed by atoms with Gasteiger partial charge in [0.05, 0.1) is 12.2 Å². The molecule has 0 heterocycles. The van der Waals surface area contributed by atoms with Crippen molar-refractivity contribution in [3.05, 3.63) is 47.5 Å². The lowest BCUT2D eigenvalue weighted by molar-refractivity contribution is 0.188. The van der Waals surface area contributed by atoms with Gasteiger partial charge in [-0.3, -0.25) is 0 Å². The Morgan fingerprint density at radius 2 is 1.25 bits per heavy atom. The van der Waals surface area contributed by atoms with E-state index in [1.807, 2.05) is 24.3 Å². The van der Waals surface area contributed by atoms with Crippen LogP contribution in [-0.4, -0.2) is 10.2 Å². The largest absolute Gasteiger partial charge is 0.384 e. The first kappa shape index (κ1) is 7.53. The second-order valence-corrected chi connectivity index (χ2v) is 2.90. The molecule has 2 rings (SSSR count). The van der Waals surface area contributed by atoms with Gasteiger partial charge in [-0.05, 0) is 11.1 Å². The van der Waals surface area contributed by atoms with E-state index in [0.29, 0.717) is 0 Å². The van der Waals surface area contributed by atoms with Crippen molar-refractivity contribution in [1.82, 2.24) is 0 Å². The van der Waals surface area contributed by atoms with Crippen LogP contribution < -0.4 is 0 Å².